The Hall–Kier alpha value is -1.49. The molecule has 1 heterocycles. The van der Waals surface area contributed by atoms with E-state index in [-0.39, 0.29) is 12.5 Å². The van der Waals surface area contributed by atoms with Crippen molar-refractivity contribution in [2.24, 2.45) is 0 Å². The lowest BCUT2D eigenvalue weighted by molar-refractivity contribution is 0.0510. The van der Waals surface area contributed by atoms with Gasteiger partial charge in [-0.3, -0.25) is 4.79 Å². The first kappa shape index (κ1) is 15.9. The molecule has 2 rings (SSSR count). The second-order valence-electron chi connectivity index (χ2n) is 5.09. The van der Waals surface area contributed by atoms with Crippen molar-refractivity contribution in [1.82, 2.24) is 5.32 Å². The van der Waals surface area contributed by atoms with Crippen LogP contribution in [0.3, 0.4) is 0 Å². The molecular weight excluding hydrogens is 313 g/mol. The van der Waals surface area contributed by atoms with E-state index in [0.717, 1.165) is 0 Å². The van der Waals surface area contributed by atoms with E-state index in [4.69, 9.17) is 27.6 Å². The number of furan rings is 1. The lowest BCUT2D eigenvalue weighted by Crippen LogP contribution is -2.42. The summed E-state index contributed by atoms with van der Waals surface area (Å²) in [5.41, 5.74) is -0.767. The van der Waals surface area contributed by atoms with E-state index in [1.54, 1.807) is 25.1 Å². The summed E-state index contributed by atoms with van der Waals surface area (Å²) in [4.78, 5) is 12.0. The Bertz CT molecular complexity index is 604. The van der Waals surface area contributed by atoms with Gasteiger partial charge in [0.05, 0.1) is 11.9 Å². The molecule has 2 aromatic rings. The van der Waals surface area contributed by atoms with Crippen molar-refractivity contribution < 1.29 is 14.3 Å². The highest BCUT2D eigenvalue weighted by Gasteiger charge is 2.23. The van der Waals surface area contributed by atoms with Gasteiger partial charge in [0.1, 0.15) is 5.76 Å². The number of halogens is 2. The van der Waals surface area contributed by atoms with Gasteiger partial charge in [0, 0.05) is 28.6 Å². The lowest BCUT2D eigenvalue weighted by atomic mass is 10.0. The van der Waals surface area contributed by atoms with Crippen molar-refractivity contribution in [2.45, 2.75) is 18.9 Å². The maximum absolute atomic E-state index is 12.0. The Balaban J connectivity index is 1.96. The lowest BCUT2D eigenvalue weighted by Gasteiger charge is -2.22. The Labute approximate surface area is 132 Å². The minimum Gasteiger partial charge on any atom is -0.469 e. The molecule has 2 N–H and O–H groups in total. The number of hydrogen-bond acceptors (Lipinski definition) is 3. The van der Waals surface area contributed by atoms with Crippen LogP contribution < -0.4 is 5.32 Å². The Morgan fingerprint density at radius 3 is 2.57 bits per heavy atom. The summed E-state index contributed by atoms with van der Waals surface area (Å²) in [5, 5.41) is 13.7. The van der Waals surface area contributed by atoms with Gasteiger partial charge in [-0.1, -0.05) is 23.2 Å². The summed E-state index contributed by atoms with van der Waals surface area (Å²) in [6.45, 7) is 1.71. The smallest absolute Gasteiger partial charge is 0.251 e. The fraction of sp³-hybridized carbons (Fsp3) is 0.267. The van der Waals surface area contributed by atoms with Gasteiger partial charge in [-0.2, -0.15) is 0 Å². The highest BCUT2D eigenvalue weighted by molar-refractivity contribution is 6.35. The van der Waals surface area contributed by atoms with E-state index >= 15 is 0 Å². The molecule has 0 aliphatic rings. The zero-order chi connectivity index (χ0) is 15.5. The van der Waals surface area contributed by atoms with Crippen LogP contribution in [0, 0.1) is 0 Å². The van der Waals surface area contributed by atoms with E-state index in [9.17, 15) is 9.90 Å². The van der Waals surface area contributed by atoms with Crippen LogP contribution in [0.5, 0.6) is 0 Å². The molecule has 1 atom stereocenters. The summed E-state index contributed by atoms with van der Waals surface area (Å²) in [7, 11) is 0. The predicted octanol–water partition coefficient (Wildman–Crippen LogP) is 3.31. The second kappa shape index (κ2) is 6.52. The van der Waals surface area contributed by atoms with Crippen molar-refractivity contribution in [3.63, 3.8) is 0 Å². The minimum absolute atomic E-state index is 0.0800. The normalized spacial score (nSPS) is 13.7. The maximum atomic E-state index is 12.0. The number of carbonyl (C=O) groups is 1. The maximum Gasteiger partial charge on any atom is 0.251 e. The summed E-state index contributed by atoms with van der Waals surface area (Å²) in [6, 6.07) is 8.10. The standard InChI is InChI=1S/C15H15Cl2NO3/c1-15(20,8-13-3-2-4-21-13)9-18-14(19)10-5-11(16)7-12(17)6-10/h2-7,20H,8-9H2,1H3,(H,18,19). The molecule has 112 valence electrons. The third kappa shape index (κ3) is 4.77. The van der Waals surface area contributed by atoms with E-state index in [1.807, 2.05) is 0 Å². The first-order valence-corrected chi connectivity index (χ1v) is 7.10. The fourth-order valence-corrected chi connectivity index (χ4v) is 2.43. The first-order valence-electron chi connectivity index (χ1n) is 6.35. The molecule has 0 saturated heterocycles. The SMILES string of the molecule is CC(O)(CNC(=O)c1cc(Cl)cc(Cl)c1)Cc1ccco1. The molecule has 0 bridgehead atoms. The highest BCUT2D eigenvalue weighted by atomic mass is 35.5. The Kier molecular flexibility index (Phi) is 4.93. The number of aliphatic hydroxyl groups is 1. The molecule has 0 saturated carbocycles. The van der Waals surface area contributed by atoms with Crippen LogP contribution in [0.15, 0.2) is 41.0 Å². The number of carbonyl (C=O) groups excluding carboxylic acids is 1. The van der Waals surface area contributed by atoms with Gasteiger partial charge in [0.15, 0.2) is 0 Å². The van der Waals surface area contributed by atoms with Crippen molar-refractivity contribution >= 4 is 29.1 Å². The summed E-state index contributed by atoms with van der Waals surface area (Å²) in [6.07, 6.45) is 1.84. The van der Waals surface area contributed by atoms with Crippen LogP contribution in [0.4, 0.5) is 0 Å². The minimum atomic E-state index is -1.12. The van der Waals surface area contributed by atoms with E-state index in [0.29, 0.717) is 27.8 Å². The third-order valence-corrected chi connectivity index (χ3v) is 3.33. The summed E-state index contributed by atoms with van der Waals surface area (Å²) in [5.74, 6) is 0.305. The zero-order valence-electron chi connectivity index (χ0n) is 11.4. The third-order valence-electron chi connectivity index (χ3n) is 2.89. The number of amides is 1. The number of rotatable bonds is 5. The molecule has 1 aromatic carbocycles. The highest BCUT2D eigenvalue weighted by Crippen LogP contribution is 2.19. The van der Waals surface area contributed by atoms with Gasteiger partial charge in [0.2, 0.25) is 0 Å². The predicted molar refractivity (Wildman–Crippen MR) is 81.8 cm³/mol. The van der Waals surface area contributed by atoms with Crippen LogP contribution in [0.1, 0.15) is 23.0 Å². The summed E-state index contributed by atoms with van der Waals surface area (Å²) < 4.78 is 5.18. The van der Waals surface area contributed by atoms with Crippen LogP contribution in [-0.4, -0.2) is 23.2 Å². The number of benzene rings is 1. The molecule has 21 heavy (non-hydrogen) atoms. The first-order chi connectivity index (χ1) is 9.85. The largest absolute Gasteiger partial charge is 0.469 e. The second-order valence-corrected chi connectivity index (χ2v) is 5.97. The van der Waals surface area contributed by atoms with Crippen molar-refractivity contribution in [2.75, 3.05) is 6.54 Å². The number of nitrogens with one attached hydrogen (secondary N) is 1. The van der Waals surface area contributed by atoms with E-state index < -0.39 is 5.60 Å². The monoisotopic (exact) mass is 327 g/mol. The van der Waals surface area contributed by atoms with E-state index in [1.165, 1.54) is 18.4 Å². The van der Waals surface area contributed by atoms with Gasteiger partial charge in [-0.15, -0.1) is 0 Å². The van der Waals surface area contributed by atoms with E-state index in [2.05, 4.69) is 5.32 Å². The van der Waals surface area contributed by atoms with Gasteiger partial charge in [0.25, 0.3) is 5.91 Å². The van der Waals surface area contributed by atoms with Crippen molar-refractivity contribution in [3.05, 3.63) is 58.0 Å². The van der Waals surface area contributed by atoms with Gasteiger partial charge in [-0.05, 0) is 37.3 Å². The van der Waals surface area contributed by atoms with Crippen molar-refractivity contribution in [3.8, 4) is 0 Å². The molecule has 0 spiro atoms. The molecule has 1 aromatic heterocycles. The zero-order valence-corrected chi connectivity index (χ0v) is 12.9. The number of hydrogen-bond donors (Lipinski definition) is 2. The van der Waals surface area contributed by atoms with Gasteiger partial charge >= 0.3 is 0 Å². The van der Waals surface area contributed by atoms with Crippen LogP contribution in [-0.2, 0) is 6.42 Å². The quantitative estimate of drug-likeness (QED) is 0.885. The van der Waals surface area contributed by atoms with Crippen LogP contribution in [0.2, 0.25) is 10.0 Å². The molecular formula is C15H15Cl2NO3. The molecule has 6 heteroatoms. The molecule has 1 unspecified atom stereocenters. The molecule has 0 fully saturated rings. The average molecular weight is 328 g/mol. The molecule has 0 aliphatic heterocycles. The van der Waals surface area contributed by atoms with Crippen LogP contribution in [0.25, 0.3) is 0 Å². The van der Waals surface area contributed by atoms with Gasteiger partial charge in [-0.25, -0.2) is 0 Å². The van der Waals surface area contributed by atoms with Gasteiger partial charge < -0.3 is 14.8 Å². The van der Waals surface area contributed by atoms with Crippen LogP contribution >= 0.6 is 23.2 Å². The van der Waals surface area contributed by atoms with Crippen molar-refractivity contribution in [1.29, 1.82) is 0 Å². The molecule has 4 nitrogen and oxygen atoms in total. The average Bonchev–Trinajstić information content (AvgIpc) is 2.87. The topological polar surface area (TPSA) is 62.5 Å². The Morgan fingerprint density at radius 1 is 1.33 bits per heavy atom. The fourth-order valence-electron chi connectivity index (χ4n) is 1.91. The summed E-state index contributed by atoms with van der Waals surface area (Å²) >= 11 is 11.7. The molecule has 1 amide bonds. The Morgan fingerprint density at radius 2 is 2.00 bits per heavy atom. The molecule has 0 aliphatic carbocycles. The molecule has 0 radical (unpaired) electrons.